The van der Waals surface area contributed by atoms with Crippen molar-refractivity contribution in [3.8, 4) is 0 Å². The minimum Gasteiger partial charge on any atom is -0.481 e. The minimum absolute atomic E-state index is 0.0414. The van der Waals surface area contributed by atoms with E-state index >= 15 is 0 Å². The molecular formula is C19H26FNO4. The molecule has 0 atom stereocenters. The Morgan fingerprint density at radius 3 is 2.36 bits per heavy atom. The van der Waals surface area contributed by atoms with Gasteiger partial charge in [-0.1, -0.05) is 12.1 Å². The molecule has 1 heterocycles. The number of halogens is 1. The van der Waals surface area contributed by atoms with Crippen LogP contribution >= 0.6 is 0 Å². The molecule has 5 nitrogen and oxygen atoms in total. The molecule has 0 saturated carbocycles. The average molecular weight is 351 g/mol. The fourth-order valence-electron chi connectivity index (χ4n) is 3.28. The second-order valence-corrected chi connectivity index (χ2v) is 7.78. The van der Waals surface area contributed by atoms with Gasteiger partial charge in [-0.05, 0) is 57.7 Å². The first-order chi connectivity index (χ1) is 11.5. The zero-order chi connectivity index (χ0) is 18.8. The van der Waals surface area contributed by atoms with Gasteiger partial charge in [-0.2, -0.15) is 0 Å². The van der Waals surface area contributed by atoms with Gasteiger partial charge in [0.1, 0.15) is 11.4 Å². The summed E-state index contributed by atoms with van der Waals surface area (Å²) in [5.41, 5.74) is 0.151. The van der Waals surface area contributed by atoms with Crippen molar-refractivity contribution in [2.75, 3.05) is 13.1 Å². The van der Waals surface area contributed by atoms with Gasteiger partial charge in [-0.15, -0.1) is 0 Å². The average Bonchev–Trinajstić information content (AvgIpc) is 2.48. The van der Waals surface area contributed by atoms with Crippen LogP contribution in [0.2, 0.25) is 0 Å². The van der Waals surface area contributed by atoms with Crippen molar-refractivity contribution in [1.29, 1.82) is 0 Å². The van der Waals surface area contributed by atoms with Crippen LogP contribution in [0.3, 0.4) is 0 Å². The van der Waals surface area contributed by atoms with Crippen molar-refractivity contribution in [2.24, 2.45) is 0 Å². The molecule has 1 fully saturated rings. The summed E-state index contributed by atoms with van der Waals surface area (Å²) in [4.78, 5) is 25.3. The van der Waals surface area contributed by atoms with Crippen LogP contribution in [0.5, 0.6) is 0 Å². The zero-order valence-corrected chi connectivity index (χ0v) is 15.3. The molecule has 2 rings (SSSR count). The number of amides is 1. The van der Waals surface area contributed by atoms with Crippen LogP contribution in [0.25, 0.3) is 0 Å². The summed E-state index contributed by atoms with van der Waals surface area (Å²) >= 11 is 0. The van der Waals surface area contributed by atoms with Crippen molar-refractivity contribution < 1.29 is 23.8 Å². The van der Waals surface area contributed by atoms with Crippen LogP contribution in [0.15, 0.2) is 18.2 Å². The maximum Gasteiger partial charge on any atom is 0.410 e. The topological polar surface area (TPSA) is 66.8 Å². The van der Waals surface area contributed by atoms with Gasteiger partial charge >= 0.3 is 12.1 Å². The molecule has 0 aliphatic carbocycles. The maximum atomic E-state index is 13.6. The van der Waals surface area contributed by atoms with E-state index in [9.17, 15) is 19.1 Å². The van der Waals surface area contributed by atoms with Gasteiger partial charge in [0.05, 0.1) is 6.42 Å². The molecule has 0 radical (unpaired) electrons. The Hall–Kier alpha value is -2.11. The first kappa shape index (κ1) is 19.2. The summed E-state index contributed by atoms with van der Waals surface area (Å²) in [5, 5.41) is 9.36. The Kier molecular flexibility index (Phi) is 5.40. The van der Waals surface area contributed by atoms with Gasteiger partial charge in [0, 0.05) is 18.5 Å². The summed E-state index contributed by atoms with van der Waals surface area (Å²) in [6.45, 7) is 7.93. The highest BCUT2D eigenvalue weighted by Gasteiger charge is 2.40. The second-order valence-electron chi connectivity index (χ2n) is 7.78. The normalized spacial score (nSPS) is 17.2. The molecule has 1 saturated heterocycles. The fourth-order valence-corrected chi connectivity index (χ4v) is 3.28. The van der Waals surface area contributed by atoms with E-state index in [-0.39, 0.29) is 18.3 Å². The summed E-state index contributed by atoms with van der Waals surface area (Å²) in [6.07, 6.45) is 0.583. The van der Waals surface area contributed by atoms with E-state index < -0.39 is 17.0 Å². The molecule has 6 heteroatoms. The van der Waals surface area contributed by atoms with Gasteiger partial charge in [-0.3, -0.25) is 4.79 Å². The highest BCUT2D eigenvalue weighted by Crippen LogP contribution is 2.39. The number of nitrogens with zero attached hydrogens (tertiary/aromatic N) is 1. The lowest BCUT2D eigenvalue weighted by Crippen LogP contribution is -2.47. The maximum absolute atomic E-state index is 13.6. The van der Waals surface area contributed by atoms with E-state index in [1.807, 2.05) is 20.8 Å². The minimum atomic E-state index is -0.896. The molecule has 1 aromatic carbocycles. The predicted molar refractivity (Wildman–Crippen MR) is 92.1 cm³/mol. The van der Waals surface area contributed by atoms with Gasteiger partial charge in [0.2, 0.25) is 0 Å². The van der Waals surface area contributed by atoms with Crippen molar-refractivity contribution in [3.63, 3.8) is 0 Å². The Morgan fingerprint density at radius 2 is 1.88 bits per heavy atom. The van der Waals surface area contributed by atoms with Gasteiger partial charge < -0.3 is 14.7 Å². The summed E-state index contributed by atoms with van der Waals surface area (Å²) < 4.78 is 19.0. The Bertz CT molecular complexity index is 658. The third-order valence-corrected chi connectivity index (χ3v) is 4.63. The molecule has 1 aliphatic rings. The number of benzene rings is 1. The highest BCUT2D eigenvalue weighted by atomic mass is 19.1. The highest BCUT2D eigenvalue weighted by molar-refractivity contribution is 5.70. The number of hydrogen-bond acceptors (Lipinski definition) is 3. The second kappa shape index (κ2) is 7.02. The Labute approximate surface area is 147 Å². The van der Waals surface area contributed by atoms with Crippen molar-refractivity contribution in [3.05, 3.63) is 35.1 Å². The quantitative estimate of drug-likeness (QED) is 0.897. The Balaban J connectivity index is 2.20. The van der Waals surface area contributed by atoms with E-state index in [2.05, 4.69) is 0 Å². The summed E-state index contributed by atoms with van der Waals surface area (Å²) in [7, 11) is 0. The largest absolute Gasteiger partial charge is 0.481 e. The molecule has 0 bridgehead atoms. The van der Waals surface area contributed by atoms with Crippen LogP contribution < -0.4 is 0 Å². The molecule has 1 aromatic rings. The molecule has 1 N–H and O–H groups in total. The number of ether oxygens (including phenoxy) is 1. The smallest absolute Gasteiger partial charge is 0.410 e. The van der Waals surface area contributed by atoms with Crippen LogP contribution in [0, 0.1) is 12.7 Å². The van der Waals surface area contributed by atoms with Crippen LogP contribution in [0.1, 0.15) is 51.2 Å². The molecular weight excluding hydrogens is 325 g/mol. The lowest BCUT2D eigenvalue weighted by molar-refractivity contribution is -0.139. The Morgan fingerprint density at radius 1 is 1.28 bits per heavy atom. The van der Waals surface area contributed by atoms with Gasteiger partial charge in [0.25, 0.3) is 0 Å². The number of hydrogen-bond donors (Lipinski definition) is 1. The number of rotatable bonds is 3. The molecule has 1 aliphatic heterocycles. The standard InChI is InChI=1S/C19H26FNO4/c1-13-11-14(5-6-15(13)20)19(12-16(22)23)7-9-21(10-8-19)17(24)25-18(2,3)4/h5-6,11H,7-10,12H2,1-4H3,(H,22,23). The van der Waals surface area contributed by atoms with Crippen LogP contribution in [-0.4, -0.2) is 40.8 Å². The molecule has 25 heavy (non-hydrogen) atoms. The van der Waals surface area contributed by atoms with E-state index in [1.54, 1.807) is 24.0 Å². The lowest BCUT2D eigenvalue weighted by atomic mass is 9.70. The van der Waals surface area contributed by atoms with E-state index in [0.717, 1.165) is 5.56 Å². The number of carbonyl (C=O) groups excluding carboxylic acids is 1. The van der Waals surface area contributed by atoms with E-state index in [1.165, 1.54) is 6.07 Å². The van der Waals surface area contributed by atoms with Crippen molar-refractivity contribution >= 4 is 12.1 Å². The first-order valence-electron chi connectivity index (χ1n) is 8.49. The number of likely N-dealkylation sites (tertiary alicyclic amines) is 1. The summed E-state index contributed by atoms with van der Waals surface area (Å²) in [6, 6.07) is 4.77. The number of aryl methyl sites for hydroxylation is 1. The van der Waals surface area contributed by atoms with Crippen LogP contribution in [0.4, 0.5) is 9.18 Å². The van der Waals surface area contributed by atoms with E-state index in [0.29, 0.717) is 31.5 Å². The van der Waals surface area contributed by atoms with Crippen LogP contribution in [-0.2, 0) is 14.9 Å². The summed E-state index contributed by atoms with van der Waals surface area (Å²) in [5.74, 6) is -1.20. The predicted octanol–water partition coefficient (Wildman–Crippen LogP) is 3.88. The SMILES string of the molecule is Cc1cc(C2(CC(=O)O)CCN(C(=O)OC(C)(C)C)CC2)ccc1F. The number of carboxylic acids is 1. The monoisotopic (exact) mass is 351 g/mol. The number of aliphatic carboxylic acids is 1. The zero-order valence-electron chi connectivity index (χ0n) is 15.3. The number of carboxylic acid groups (broad SMARTS) is 1. The van der Waals surface area contributed by atoms with E-state index in [4.69, 9.17) is 4.74 Å². The third-order valence-electron chi connectivity index (χ3n) is 4.63. The first-order valence-corrected chi connectivity index (χ1v) is 8.49. The third kappa shape index (κ3) is 4.71. The van der Waals surface area contributed by atoms with Gasteiger partial charge in [0.15, 0.2) is 0 Å². The number of piperidine rings is 1. The molecule has 0 unspecified atom stereocenters. The molecule has 138 valence electrons. The van der Waals surface area contributed by atoms with Gasteiger partial charge in [-0.25, -0.2) is 9.18 Å². The number of carbonyl (C=O) groups is 2. The lowest BCUT2D eigenvalue weighted by Gasteiger charge is -2.41. The van der Waals surface area contributed by atoms with Crippen molar-refractivity contribution in [2.45, 2.75) is 58.0 Å². The fraction of sp³-hybridized carbons (Fsp3) is 0.579. The molecule has 0 aromatic heterocycles. The molecule has 0 spiro atoms. The van der Waals surface area contributed by atoms with Crippen molar-refractivity contribution in [1.82, 2.24) is 4.90 Å². The molecule has 1 amide bonds.